The van der Waals surface area contributed by atoms with Gasteiger partial charge in [0.25, 0.3) is 0 Å². The molecule has 1 aliphatic carbocycles. The Kier molecular flexibility index (Phi) is 6.09. The number of ether oxygens (including phenoxy) is 1. The monoisotopic (exact) mass is 256 g/mol. The van der Waals surface area contributed by atoms with Gasteiger partial charge in [0.2, 0.25) is 0 Å². The molecule has 18 heavy (non-hydrogen) atoms. The third-order valence-electron chi connectivity index (χ3n) is 4.14. The molecule has 0 bridgehead atoms. The Bertz CT molecular complexity index is 261. The minimum atomic E-state index is -0.164. The lowest BCUT2D eigenvalue weighted by Crippen LogP contribution is -2.53. The van der Waals surface area contributed by atoms with E-state index in [2.05, 4.69) is 24.3 Å². The predicted molar refractivity (Wildman–Crippen MR) is 73.6 cm³/mol. The zero-order chi connectivity index (χ0) is 13.6. The second-order valence-corrected chi connectivity index (χ2v) is 5.42. The second kappa shape index (κ2) is 7.10. The van der Waals surface area contributed by atoms with Crippen LogP contribution >= 0.6 is 0 Å². The van der Waals surface area contributed by atoms with E-state index in [-0.39, 0.29) is 17.6 Å². The molecule has 1 rings (SSSR count). The van der Waals surface area contributed by atoms with E-state index in [9.17, 15) is 4.79 Å². The van der Waals surface area contributed by atoms with Gasteiger partial charge in [-0.1, -0.05) is 19.8 Å². The fourth-order valence-corrected chi connectivity index (χ4v) is 2.77. The number of hydrogen-bond acceptors (Lipinski definition) is 4. The van der Waals surface area contributed by atoms with E-state index >= 15 is 0 Å². The third-order valence-corrected chi connectivity index (χ3v) is 4.14. The highest BCUT2D eigenvalue weighted by molar-refractivity contribution is 5.75. The predicted octanol–water partition coefficient (Wildman–Crippen LogP) is 1.79. The number of hydrogen-bond donors (Lipinski definition) is 1. The summed E-state index contributed by atoms with van der Waals surface area (Å²) in [5.74, 6) is -0.119. The molecule has 4 heteroatoms. The van der Waals surface area contributed by atoms with Gasteiger partial charge in [0.1, 0.15) is 6.04 Å². The van der Waals surface area contributed by atoms with E-state index in [1.165, 1.54) is 25.7 Å². The van der Waals surface area contributed by atoms with Crippen LogP contribution in [0, 0.1) is 0 Å². The van der Waals surface area contributed by atoms with E-state index in [0.717, 1.165) is 13.0 Å². The van der Waals surface area contributed by atoms with Crippen molar-refractivity contribution in [3.8, 4) is 0 Å². The van der Waals surface area contributed by atoms with Gasteiger partial charge in [0, 0.05) is 12.1 Å². The van der Waals surface area contributed by atoms with Gasteiger partial charge in [-0.25, -0.2) is 0 Å². The van der Waals surface area contributed by atoms with Crippen LogP contribution in [-0.4, -0.2) is 49.7 Å². The van der Waals surface area contributed by atoms with Crippen molar-refractivity contribution in [3.63, 3.8) is 0 Å². The van der Waals surface area contributed by atoms with Gasteiger partial charge in [0.05, 0.1) is 6.61 Å². The van der Waals surface area contributed by atoms with Crippen molar-refractivity contribution in [2.24, 2.45) is 0 Å². The highest BCUT2D eigenvalue weighted by Crippen LogP contribution is 2.33. The molecule has 1 unspecified atom stereocenters. The maximum Gasteiger partial charge on any atom is 0.323 e. The third kappa shape index (κ3) is 3.69. The Morgan fingerprint density at radius 2 is 1.94 bits per heavy atom. The summed E-state index contributed by atoms with van der Waals surface area (Å²) in [6.07, 6.45) is 5.78. The topological polar surface area (TPSA) is 41.6 Å². The van der Waals surface area contributed by atoms with Crippen LogP contribution in [0.1, 0.15) is 46.0 Å². The van der Waals surface area contributed by atoms with E-state index in [0.29, 0.717) is 6.61 Å². The number of nitrogens with one attached hydrogen (secondary N) is 1. The molecule has 0 aromatic heterocycles. The molecule has 0 spiro atoms. The molecule has 1 N–H and O–H groups in total. The molecule has 0 aromatic rings. The fourth-order valence-electron chi connectivity index (χ4n) is 2.77. The Hall–Kier alpha value is -0.610. The quantitative estimate of drug-likeness (QED) is 0.705. The van der Waals surface area contributed by atoms with Gasteiger partial charge >= 0.3 is 5.97 Å². The number of likely N-dealkylation sites (N-methyl/N-ethyl adjacent to an activating group) is 1. The summed E-state index contributed by atoms with van der Waals surface area (Å²) >= 11 is 0. The van der Waals surface area contributed by atoms with Crippen molar-refractivity contribution < 1.29 is 9.53 Å². The van der Waals surface area contributed by atoms with Crippen LogP contribution in [0.5, 0.6) is 0 Å². The summed E-state index contributed by atoms with van der Waals surface area (Å²) < 4.78 is 5.09. The van der Waals surface area contributed by atoms with Crippen molar-refractivity contribution in [3.05, 3.63) is 0 Å². The number of carbonyl (C=O) groups is 1. The molecular formula is C14H28N2O2. The normalized spacial score (nSPS) is 20.1. The molecule has 1 saturated carbocycles. The fraction of sp³-hybridized carbons (Fsp3) is 0.929. The molecule has 0 amide bonds. The zero-order valence-corrected chi connectivity index (χ0v) is 12.3. The largest absolute Gasteiger partial charge is 0.465 e. The zero-order valence-electron chi connectivity index (χ0n) is 12.3. The van der Waals surface area contributed by atoms with Crippen LogP contribution in [0.25, 0.3) is 0 Å². The van der Waals surface area contributed by atoms with E-state index in [4.69, 9.17) is 4.74 Å². The first kappa shape index (κ1) is 15.4. The Morgan fingerprint density at radius 1 is 1.33 bits per heavy atom. The summed E-state index contributed by atoms with van der Waals surface area (Å²) in [5.41, 5.74) is 0.222. The van der Waals surface area contributed by atoms with Crippen LogP contribution in [0.2, 0.25) is 0 Å². The van der Waals surface area contributed by atoms with Gasteiger partial charge in [-0.15, -0.1) is 0 Å². The van der Waals surface area contributed by atoms with Crippen LogP contribution in [-0.2, 0) is 9.53 Å². The first-order valence-corrected chi connectivity index (χ1v) is 7.13. The lowest BCUT2D eigenvalue weighted by atomic mass is 9.95. The number of rotatable bonds is 7. The van der Waals surface area contributed by atoms with Crippen molar-refractivity contribution in [2.75, 3.05) is 27.2 Å². The van der Waals surface area contributed by atoms with Gasteiger partial charge in [-0.05, 0) is 40.3 Å². The lowest BCUT2D eigenvalue weighted by Gasteiger charge is -2.37. The van der Waals surface area contributed by atoms with Gasteiger partial charge < -0.3 is 15.0 Å². The van der Waals surface area contributed by atoms with Crippen LogP contribution < -0.4 is 5.32 Å². The van der Waals surface area contributed by atoms with Crippen LogP contribution in [0.4, 0.5) is 0 Å². The molecule has 106 valence electrons. The first-order chi connectivity index (χ1) is 8.55. The minimum absolute atomic E-state index is 0.119. The van der Waals surface area contributed by atoms with Gasteiger partial charge in [-0.3, -0.25) is 4.79 Å². The van der Waals surface area contributed by atoms with E-state index in [1.807, 2.05) is 13.8 Å². The second-order valence-electron chi connectivity index (χ2n) is 5.42. The molecule has 0 saturated heterocycles. The molecule has 1 aliphatic rings. The van der Waals surface area contributed by atoms with Crippen molar-refractivity contribution >= 4 is 5.97 Å². The molecule has 0 aliphatic heterocycles. The highest BCUT2D eigenvalue weighted by atomic mass is 16.5. The summed E-state index contributed by atoms with van der Waals surface area (Å²) in [7, 11) is 4.27. The molecule has 1 fully saturated rings. The Morgan fingerprint density at radius 3 is 2.39 bits per heavy atom. The summed E-state index contributed by atoms with van der Waals surface area (Å²) in [4.78, 5) is 14.1. The lowest BCUT2D eigenvalue weighted by molar-refractivity contribution is -0.145. The number of nitrogens with zero attached hydrogens (tertiary/aromatic N) is 1. The highest BCUT2D eigenvalue weighted by Gasteiger charge is 2.36. The Balaban J connectivity index is 2.52. The van der Waals surface area contributed by atoms with Crippen LogP contribution in [0.3, 0.4) is 0 Å². The van der Waals surface area contributed by atoms with E-state index < -0.39 is 0 Å². The van der Waals surface area contributed by atoms with Crippen molar-refractivity contribution in [2.45, 2.75) is 57.5 Å². The standard InChI is InChI=1S/C14H28N2O2/c1-5-12(13(17)18-6-2)15-11-14(16(3)4)9-7-8-10-14/h12,15H,5-11H2,1-4H3. The van der Waals surface area contributed by atoms with Gasteiger partial charge in [0.15, 0.2) is 0 Å². The summed E-state index contributed by atoms with van der Waals surface area (Å²) in [5, 5.41) is 3.40. The molecule has 0 heterocycles. The van der Waals surface area contributed by atoms with Gasteiger partial charge in [-0.2, -0.15) is 0 Å². The molecule has 4 nitrogen and oxygen atoms in total. The molecule has 1 atom stereocenters. The van der Waals surface area contributed by atoms with Crippen molar-refractivity contribution in [1.82, 2.24) is 10.2 Å². The average Bonchev–Trinajstić information content (AvgIpc) is 2.80. The summed E-state index contributed by atoms with van der Waals surface area (Å²) in [6.45, 7) is 5.20. The van der Waals surface area contributed by atoms with Crippen LogP contribution in [0.15, 0.2) is 0 Å². The molecule has 0 aromatic carbocycles. The maximum atomic E-state index is 11.8. The first-order valence-electron chi connectivity index (χ1n) is 7.13. The number of esters is 1. The minimum Gasteiger partial charge on any atom is -0.465 e. The maximum absolute atomic E-state index is 11.8. The van der Waals surface area contributed by atoms with E-state index in [1.54, 1.807) is 0 Å². The average molecular weight is 256 g/mol. The molecular weight excluding hydrogens is 228 g/mol. The van der Waals surface area contributed by atoms with Crippen molar-refractivity contribution in [1.29, 1.82) is 0 Å². The molecule has 0 radical (unpaired) electrons. The SMILES string of the molecule is CCOC(=O)C(CC)NCC1(N(C)C)CCCC1. The number of carbonyl (C=O) groups excluding carboxylic acids is 1. The summed E-state index contributed by atoms with van der Waals surface area (Å²) in [6, 6.07) is -0.164. The Labute approximate surface area is 111 Å². The smallest absolute Gasteiger partial charge is 0.323 e.